The zero-order chi connectivity index (χ0) is 12.1. The van der Waals surface area contributed by atoms with Gasteiger partial charge in [0.1, 0.15) is 12.4 Å². The van der Waals surface area contributed by atoms with E-state index in [1.807, 2.05) is 49.4 Å². The van der Waals surface area contributed by atoms with E-state index < -0.39 is 0 Å². The van der Waals surface area contributed by atoms with Crippen molar-refractivity contribution < 1.29 is 9.53 Å². The van der Waals surface area contributed by atoms with Crippen LogP contribution >= 0.6 is 0 Å². The summed E-state index contributed by atoms with van der Waals surface area (Å²) in [5, 5.41) is 0. The Morgan fingerprint density at radius 2 is 1.76 bits per heavy atom. The monoisotopic (exact) mass is 226 g/mol. The minimum absolute atomic E-state index is 0.484. The molecule has 2 heteroatoms. The molecule has 2 aromatic carbocycles. The molecular weight excluding hydrogens is 212 g/mol. The van der Waals surface area contributed by atoms with Gasteiger partial charge in [-0.2, -0.15) is 0 Å². The van der Waals surface area contributed by atoms with Gasteiger partial charge in [-0.05, 0) is 30.2 Å². The Morgan fingerprint density at radius 3 is 2.53 bits per heavy atom. The van der Waals surface area contributed by atoms with E-state index in [9.17, 15) is 4.79 Å². The lowest BCUT2D eigenvalue weighted by atomic mass is 10.1. The number of aldehydes is 1. The molecule has 86 valence electrons. The summed E-state index contributed by atoms with van der Waals surface area (Å²) in [4.78, 5) is 10.8. The third kappa shape index (κ3) is 2.72. The fraction of sp³-hybridized carbons (Fsp3) is 0.133. The smallest absolute Gasteiger partial charge is 0.153 e. The first-order chi connectivity index (χ1) is 8.31. The van der Waals surface area contributed by atoms with Gasteiger partial charge < -0.3 is 4.74 Å². The lowest BCUT2D eigenvalue weighted by Gasteiger charge is -2.09. The highest BCUT2D eigenvalue weighted by Gasteiger charge is 2.02. The maximum absolute atomic E-state index is 10.8. The Bertz CT molecular complexity index is 518. The lowest BCUT2D eigenvalue weighted by Crippen LogP contribution is -1.99. The van der Waals surface area contributed by atoms with Crippen molar-refractivity contribution in [3.05, 3.63) is 65.2 Å². The van der Waals surface area contributed by atoms with Crippen LogP contribution in [-0.2, 0) is 6.61 Å². The summed E-state index contributed by atoms with van der Waals surface area (Å²) in [6.07, 6.45) is 0.813. The predicted molar refractivity (Wildman–Crippen MR) is 67.3 cm³/mol. The average Bonchev–Trinajstić information content (AvgIpc) is 2.38. The van der Waals surface area contributed by atoms with Crippen LogP contribution in [0, 0.1) is 6.92 Å². The van der Waals surface area contributed by atoms with Crippen molar-refractivity contribution in [1.29, 1.82) is 0 Å². The van der Waals surface area contributed by atoms with Gasteiger partial charge in [0, 0.05) is 0 Å². The van der Waals surface area contributed by atoms with E-state index >= 15 is 0 Å². The minimum Gasteiger partial charge on any atom is -0.488 e. The van der Waals surface area contributed by atoms with Gasteiger partial charge in [0.25, 0.3) is 0 Å². The quantitative estimate of drug-likeness (QED) is 0.747. The van der Waals surface area contributed by atoms with Gasteiger partial charge in [-0.25, -0.2) is 0 Å². The van der Waals surface area contributed by atoms with Crippen LogP contribution in [0.3, 0.4) is 0 Å². The molecule has 0 amide bonds. The number of para-hydroxylation sites is 1. The third-order valence-corrected chi connectivity index (χ3v) is 2.69. The number of aryl methyl sites for hydroxylation is 1. The van der Waals surface area contributed by atoms with E-state index in [2.05, 4.69) is 0 Å². The number of hydrogen-bond acceptors (Lipinski definition) is 2. The summed E-state index contributed by atoms with van der Waals surface area (Å²) in [5.41, 5.74) is 2.91. The van der Waals surface area contributed by atoms with Gasteiger partial charge in [-0.1, -0.05) is 36.4 Å². The van der Waals surface area contributed by atoms with Gasteiger partial charge >= 0.3 is 0 Å². The highest BCUT2D eigenvalue weighted by atomic mass is 16.5. The number of carbonyl (C=O) groups excluding carboxylic acids is 1. The highest BCUT2D eigenvalue weighted by molar-refractivity contribution is 5.79. The van der Waals surface area contributed by atoms with Crippen molar-refractivity contribution in [2.24, 2.45) is 0 Å². The molecular formula is C15H14O2. The van der Waals surface area contributed by atoms with Gasteiger partial charge in [-0.15, -0.1) is 0 Å². The van der Waals surface area contributed by atoms with Crippen molar-refractivity contribution in [3.8, 4) is 5.75 Å². The summed E-state index contributed by atoms with van der Waals surface area (Å²) in [6.45, 7) is 2.53. The SMILES string of the molecule is Cc1ccccc1COc1ccccc1C=O. The summed E-state index contributed by atoms with van der Waals surface area (Å²) < 4.78 is 5.66. The van der Waals surface area contributed by atoms with Gasteiger partial charge in [0.05, 0.1) is 5.56 Å². The van der Waals surface area contributed by atoms with Crippen LogP contribution in [0.15, 0.2) is 48.5 Å². The van der Waals surface area contributed by atoms with Crippen LogP contribution < -0.4 is 4.74 Å². The zero-order valence-corrected chi connectivity index (χ0v) is 9.72. The first-order valence-electron chi connectivity index (χ1n) is 5.53. The summed E-state index contributed by atoms with van der Waals surface area (Å²) >= 11 is 0. The lowest BCUT2D eigenvalue weighted by molar-refractivity contribution is 0.111. The second-order valence-corrected chi connectivity index (χ2v) is 3.87. The van der Waals surface area contributed by atoms with Crippen molar-refractivity contribution in [2.75, 3.05) is 0 Å². The molecule has 0 saturated heterocycles. The fourth-order valence-electron chi connectivity index (χ4n) is 1.64. The first-order valence-corrected chi connectivity index (χ1v) is 5.53. The second kappa shape index (κ2) is 5.30. The molecule has 0 heterocycles. The molecule has 2 aromatic rings. The predicted octanol–water partition coefficient (Wildman–Crippen LogP) is 3.39. The number of ether oxygens (including phenoxy) is 1. The molecule has 0 N–H and O–H groups in total. The summed E-state index contributed by atoms with van der Waals surface area (Å²) in [7, 11) is 0. The zero-order valence-electron chi connectivity index (χ0n) is 9.72. The van der Waals surface area contributed by atoms with Crippen molar-refractivity contribution in [1.82, 2.24) is 0 Å². The van der Waals surface area contributed by atoms with Crippen LogP contribution in [0.25, 0.3) is 0 Å². The Hall–Kier alpha value is -2.09. The van der Waals surface area contributed by atoms with Crippen molar-refractivity contribution in [3.63, 3.8) is 0 Å². The molecule has 2 rings (SSSR count). The van der Waals surface area contributed by atoms with Gasteiger partial charge in [0.15, 0.2) is 6.29 Å². The molecule has 0 unspecified atom stereocenters. The summed E-state index contributed by atoms with van der Waals surface area (Å²) in [5.74, 6) is 0.630. The fourth-order valence-corrected chi connectivity index (χ4v) is 1.64. The normalized spacial score (nSPS) is 9.94. The second-order valence-electron chi connectivity index (χ2n) is 3.87. The third-order valence-electron chi connectivity index (χ3n) is 2.69. The molecule has 0 atom stereocenters. The Morgan fingerprint density at radius 1 is 1.06 bits per heavy atom. The molecule has 0 fully saturated rings. The first kappa shape index (κ1) is 11.4. The van der Waals surface area contributed by atoms with E-state index in [0.29, 0.717) is 17.9 Å². The molecule has 0 aliphatic rings. The minimum atomic E-state index is 0.484. The number of carbonyl (C=O) groups is 1. The van der Waals surface area contributed by atoms with Crippen molar-refractivity contribution in [2.45, 2.75) is 13.5 Å². The van der Waals surface area contributed by atoms with Crippen LogP contribution in [0.5, 0.6) is 5.75 Å². The van der Waals surface area contributed by atoms with Crippen LogP contribution in [0.2, 0.25) is 0 Å². The van der Waals surface area contributed by atoms with E-state index in [4.69, 9.17) is 4.74 Å². The van der Waals surface area contributed by atoms with Crippen LogP contribution in [0.1, 0.15) is 21.5 Å². The summed E-state index contributed by atoms with van der Waals surface area (Å²) in [6, 6.07) is 15.3. The van der Waals surface area contributed by atoms with Crippen molar-refractivity contribution >= 4 is 6.29 Å². The molecule has 0 aliphatic carbocycles. The number of hydrogen-bond donors (Lipinski definition) is 0. The van der Waals surface area contributed by atoms with E-state index in [-0.39, 0.29) is 0 Å². The van der Waals surface area contributed by atoms with E-state index in [0.717, 1.165) is 11.8 Å². The number of rotatable bonds is 4. The largest absolute Gasteiger partial charge is 0.488 e. The molecule has 0 bridgehead atoms. The molecule has 2 nitrogen and oxygen atoms in total. The van der Waals surface area contributed by atoms with Gasteiger partial charge in [0.2, 0.25) is 0 Å². The Labute approximate surface area is 101 Å². The maximum Gasteiger partial charge on any atom is 0.153 e. The van der Waals surface area contributed by atoms with Crippen LogP contribution in [0.4, 0.5) is 0 Å². The highest BCUT2D eigenvalue weighted by Crippen LogP contribution is 2.18. The molecule has 0 radical (unpaired) electrons. The number of benzene rings is 2. The van der Waals surface area contributed by atoms with E-state index in [1.165, 1.54) is 5.56 Å². The molecule has 0 spiro atoms. The molecule has 0 aromatic heterocycles. The molecule has 0 saturated carbocycles. The molecule has 0 aliphatic heterocycles. The van der Waals surface area contributed by atoms with E-state index in [1.54, 1.807) is 6.07 Å². The average molecular weight is 226 g/mol. The Kier molecular flexibility index (Phi) is 3.55. The molecule has 17 heavy (non-hydrogen) atoms. The topological polar surface area (TPSA) is 26.3 Å². The van der Waals surface area contributed by atoms with Gasteiger partial charge in [-0.3, -0.25) is 4.79 Å². The van der Waals surface area contributed by atoms with Crippen LogP contribution in [-0.4, -0.2) is 6.29 Å². The maximum atomic E-state index is 10.8. The Balaban J connectivity index is 2.13. The standard InChI is InChI=1S/C15H14O2/c1-12-6-2-3-8-14(12)11-17-15-9-5-4-7-13(15)10-16/h2-10H,11H2,1H3.